The maximum Gasteiger partial charge on any atom is 0.237 e. The predicted octanol–water partition coefficient (Wildman–Crippen LogP) is 1.37. The standard InChI is InChI=1S/C18H28N2O3/c1-2-6-13-9-10-19-15(11-13)18(23)20-16(12-21)17(22)14-7-4-3-5-8-14/h3-5,7-8,13,15-17,19,21-22H,2,6,9-12H2,1H3,(H,20,23)/t13-,15+,16+,17+/m0/s1. The molecule has 1 saturated heterocycles. The van der Waals surface area contributed by atoms with Crippen molar-refractivity contribution in [1.82, 2.24) is 10.6 Å². The normalized spacial score (nSPS) is 24.0. The minimum atomic E-state index is -0.917. The van der Waals surface area contributed by atoms with Gasteiger partial charge >= 0.3 is 0 Å². The summed E-state index contributed by atoms with van der Waals surface area (Å²) >= 11 is 0. The number of piperidine rings is 1. The zero-order chi connectivity index (χ0) is 16.7. The van der Waals surface area contributed by atoms with Crippen LogP contribution in [0.2, 0.25) is 0 Å². The number of nitrogens with one attached hydrogen (secondary N) is 2. The van der Waals surface area contributed by atoms with Crippen molar-refractivity contribution >= 4 is 5.91 Å². The highest BCUT2D eigenvalue weighted by Crippen LogP contribution is 2.22. The lowest BCUT2D eigenvalue weighted by Gasteiger charge is -2.31. The summed E-state index contributed by atoms with van der Waals surface area (Å²) in [6, 6.07) is 8.16. The van der Waals surface area contributed by atoms with Crippen molar-refractivity contribution in [2.45, 2.75) is 50.8 Å². The molecule has 1 aliphatic heterocycles. The lowest BCUT2D eigenvalue weighted by Crippen LogP contribution is -2.53. The summed E-state index contributed by atoms with van der Waals surface area (Å²) in [6.07, 6.45) is 3.28. The van der Waals surface area contributed by atoms with Gasteiger partial charge in [0, 0.05) is 0 Å². The summed E-state index contributed by atoms with van der Waals surface area (Å²) < 4.78 is 0. The molecule has 0 aliphatic carbocycles. The minimum absolute atomic E-state index is 0.139. The van der Waals surface area contributed by atoms with Gasteiger partial charge in [0.15, 0.2) is 0 Å². The van der Waals surface area contributed by atoms with Gasteiger partial charge in [0.05, 0.1) is 18.7 Å². The molecule has 2 rings (SSSR count). The van der Waals surface area contributed by atoms with Crippen LogP contribution in [0.25, 0.3) is 0 Å². The van der Waals surface area contributed by atoms with Crippen LogP contribution in [0.3, 0.4) is 0 Å². The maximum atomic E-state index is 12.5. The first kappa shape index (κ1) is 17.9. The van der Waals surface area contributed by atoms with E-state index in [-0.39, 0.29) is 18.6 Å². The molecule has 0 spiro atoms. The number of hydrogen-bond acceptors (Lipinski definition) is 4. The Hall–Kier alpha value is -1.43. The molecule has 128 valence electrons. The van der Waals surface area contributed by atoms with Crippen molar-refractivity contribution in [3.8, 4) is 0 Å². The SMILES string of the molecule is CCC[C@H]1CCN[C@@H](C(=O)N[C@H](CO)[C@H](O)c2ccccc2)C1. The number of carbonyl (C=O) groups excluding carboxylic acids is 1. The molecule has 1 amide bonds. The van der Waals surface area contributed by atoms with E-state index in [0.717, 1.165) is 32.2 Å². The van der Waals surface area contributed by atoms with Crippen LogP contribution in [0.15, 0.2) is 30.3 Å². The van der Waals surface area contributed by atoms with Crippen molar-refractivity contribution in [3.63, 3.8) is 0 Å². The van der Waals surface area contributed by atoms with Gasteiger partial charge in [-0.3, -0.25) is 4.79 Å². The van der Waals surface area contributed by atoms with Crippen LogP contribution in [0.5, 0.6) is 0 Å². The minimum Gasteiger partial charge on any atom is -0.394 e. The second kappa shape index (κ2) is 9.01. The largest absolute Gasteiger partial charge is 0.394 e. The molecule has 1 aromatic rings. The molecule has 1 aromatic carbocycles. The Kier molecular flexibility index (Phi) is 7.02. The van der Waals surface area contributed by atoms with Gasteiger partial charge in [-0.05, 0) is 30.9 Å². The first-order valence-electron chi connectivity index (χ1n) is 8.53. The van der Waals surface area contributed by atoms with Gasteiger partial charge in [-0.2, -0.15) is 0 Å². The lowest BCUT2D eigenvalue weighted by atomic mass is 9.88. The summed E-state index contributed by atoms with van der Waals surface area (Å²) in [5.41, 5.74) is 0.687. The number of aliphatic hydroxyl groups excluding tert-OH is 2. The molecule has 5 heteroatoms. The molecule has 1 fully saturated rings. The van der Waals surface area contributed by atoms with Crippen molar-refractivity contribution in [3.05, 3.63) is 35.9 Å². The topological polar surface area (TPSA) is 81.6 Å². The first-order valence-corrected chi connectivity index (χ1v) is 8.53. The Morgan fingerprint density at radius 3 is 2.78 bits per heavy atom. The monoisotopic (exact) mass is 320 g/mol. The number of amides is 1. The molecule has 1 heterocycles. The second-order valence-electron chi connectivity index (χ2n) is 6.34. The van der Waals surface area contributed by atoms with E-state index in [0.29, 0.717) is 11.5 Å². The first-order chi connectivity index (χ1) is 11.2. The van der Waals surface area contributed by atoms with E-state index >= 15 is 0 Å². The highest BCUT2D eigenvalue weighted by atomic mass is 16.3. The van der Waals surface area contributed by atoms with Gasteiger partial charge < -0.3 is 20.8 Å². The molecule has 0 unspecified atom stereocenters. The van der Waals surface area contributed by atoms with Gasteiger partial charge in [0.25, 0.3) is 0 Å². The zero-order valence-corrected chi connectivity index (χ0v) is 13.7. The molecule has 23 heavy (non-hydrogen) atoms. The third-order valence-electron chi connectivity index (χ3n) is 4.57. The number of aliphatic hydroxyl groups is 2. The van der Waals surface area contributed by atoms with Gasteiger partial charge in [-0.15, -0.1) is 0 Å². The Labute approximate surface area is 138 Å². The van der Waals surface area contributed by atoms with Crippen LogP contribution in [0.1, 0.15) is 44.3 Å². The fourth-order valence-electron chi connectivity index (χ4n) is 3.26. The summed E-state index contributed by atoms with van der Waals surface area (Å²) in [4.78, 5) is 12.5. The van der Waals surface area contributed by atoms with Crippen LogP contribution in [0.4, 0.5) is 0 Å². The van der Waals surface area contributed by atoms with E-state index in [2.05, 4.69) is 17.6 Å². The number of hydrogen-bond donors (Lipinski definition) is 4. The van der Waals surface area contributed by atoms with E-state index in [1.54, 1.807) is 12.1 Å². The van der Waals surface area contributed by atoms with Crippen molar-refractivity contribution in [2.24, 2.45) is 5.92 Å². The van der Waals surface area contributed by atoms with E-state index in [4.69, 9.17) is 0 Å². The Morgan fingerprint density at radius 1 is 1.39 bits per heavy atom. The quantitative estimate of drug-likeness (QED) is 0.611. The summed E-state index contributed by atoms with van der Waals surface area (Å²) in [6.45, 7) is 2.70. The predicted molar refractivity (Wildman–Crippen MR) is 89.8 cm³/mol. The summed E-state index contributed by atoms with van der Waals surface area (Å²) in [5, 5.41) is 26.0. The number of carbonyl (C=O) groups is 1. The molecule has 5 nitrogen and oxygen atoms in total. The van der Waals surface area contributed by atoms with Crippen LogP contribution >= 0.6 is 0 Å². The van der Waals surface area contributed by atoms with Crippen molar-refractivity contribution in [2.75, 3.05) is 13.2 Å². The van der Waals surface area contributed by atoms with Gasteiger partial charge in [-0.1, -0.05) is 50.1 Å². The van der Waals surface area contributed by atoms with Crippen LogP contribution < -0.4 is 10.6 Å². The smallest absolute Gasteiger partial charge is 0.237 e. The molecule has 1 aliphatic rings. The fraction of sp³-hybridized carbons (Fsp3) is 0.611. The summed E-state index contributed by atoms with van der Waals surface area (Å²) in [5.74, 6) is 0.434. The molecular formula is C18H28N2O3. The van der Waals surface area contributed by atoms with Crippen LogP contribution in [-0.4, -0.2) is 41.4 Å². The van der Waals surface area contributed by atoms with Gasteiger partial charge in [0.1, 0.15) is 6.10 Å². The molecule has 4 N–H and O–H groups in total. The molecular weight excluding hydrogens is 292 g/mol. The summed E-state index contributed by atoms with van der Waals surface area (Å²) in [7, 11) is 0. The van der Waals surface area contributed by atoms with Crippen molar-refractivity contribution in [1.29, 1.82) is 0 Å². The Balaban J connectivity index is 1.94. The molecule has 0 saturated carbocycles. The average Bonchev–Trinajstić information content (AvgIpc) is 2.60. The van der Waals surface area contributed by atoms with Gasteiger partial charge in [-0.25, -0.2) is 0 Å². The molecule has 0 aromatic heterocycles. The average molecular weight is 320 g/mol. The molecule has 0 radical (unpaired) electrons. The lowest BCUT2D eigenvalue weighted by molar-refractivity contribution is -0.126. The fourth-order valence-corrected chi connectivity index (χ4v) is 3.26. The zero-order valence-electron chi connectivity index (χ0n) is 13.7. The van der Waals surface area contributed by atoms with E-state index in [1.807, 2.05) is 18.2 Å². The molecule has 4 atom stereocenters. The highest BCUT2D eigenvalue weighted by molar-refractivity contribution is 5.82. The van der Waals surface area contributed by atoms with E-state index < -0.39 is 12.1 Å². The molecule has 0 bridgehead atoms. The van der Waals surface area contributed by atoms with Gasteiger partial charge in [0.2, 0.25) is 5.91 Å². The van der Waals surface area contributed by atoms with Crippen LogP contribution in [-0.2, 0) is 4.79 Å². The third kappa shape index (κ3) is 5.03. The number of rotatable bonds is 7. The number of benzene rings is 1. The Morgan fingerprint density at radius 2 is 2.13 bits per heavy atom. The van der Waals surface area contributed by atoms with Crippen molar-refractivity contribution < 1.29 is 15.0 Å². The van der Waals surface area contributed by atoms with E-state index in [9.17, 15) is 15.0 Å². The Bertz CT molecular complexity index is 478. The maximum absolute atomic E-state index is 12.5. The third-order valence-corrected chi connectivity index (χ3v) is 4.57. The highest BCUT2D eigenvalue weighted by Gasteiger charge is 2.29. The van der Waals surface area contributed by atoms with Crippen LogP contribution in [0, 0.1) is 5.92 Å². The van der Waals surface area contributed by atoms with E-state index in [1.165, 1.54) is 0 Å². The second-order valence-corrected chi connectivity index (χ2v) is 6.34.